The fraction of sp³-hybridized carbons (Fsp3) is 0.429. The number of carbonyl (C=O) groups is 2. The van der Waals surface area contributed by atoms with Crippen LogP contribution in [-0.2, 0) is 16.0 Å². The summed E-state index contributed by atoms with van der Waals surface area (Å²) in [5, 5.41) is 23.0. The van der Waals surface area contributed by atoms with Gasteiger partial charge in [-0.05, 0) is 60.2 Å². The number of phenols is 1. The van der Waals surface area contributed by atoms with E-state index in [2.05, 4.69) is 15.0 Å². The molecule has 4 N–H and O–H groups in total. The van der Waals surface area contributed by atoms with Gasteiger partial charge in [-0.2, -0.15) is 8.78 Å². The van der Waals surface area contributed by atoms with Gasteiger partial charge in [-0.15, -0.1) is 0 Å². The number of nitrogens with zero attached hydrogens (tertiary/aromatic N) is 1. The van der Waals surface area contributed by atoms with E-state index in [4.69, 9.17) is 5.11 Å². The molecule has 1 saturated heterocycles. The highest BCUT2D eigenvalue weighted by molar-refractivity contribution is 6.00. The number of hydrogen-bond donors (Lipinski definition) is 4. The van der Waals surface area contributed by atoms with E-state index >= 15 is 0 Å². The summed E-state index contributed by atoms with van der Waals surface area (Å²) < 4.78 is 30.6. The molecule has 2 aliphatic rings. The minimum Gasteiger partial charge on any atom is -0.508 e. The van der Waals surface area contributed by atoms with Crippen molar-refractivity contribution in [3.63, 3.8) is 0 Å². The lowest BCUT2D eigenvalue weighted by molar-refractivity contribution is -0.151. The minimum atomic E-state index is -2.97. The van der Waals surface area contributed by atoms with Crippen molar-refractivity contribution in [2.45, 2.75) is 38.7 Å². The van der Waals surface area contributed by atoms with Gasteiger partial charge in [-0.1, -0.05) is 19.1 Å². The fourth-order valence-corrected chi connectivity index (χ4v) is 6.24. The van der Waals surface area contributed by atoms with Crippen LogP contribution in [0.3, 0.4) is 0 Å². The number of aromatic nitrogens is 1. The van der Waals surface area contributed by atoms with Crippen LogP contribution in [0, 0.1) is 11.3 Å². The Morgan fingerprint density at radius 2 is 2.03 bits per heavy atom. The molecule has 2 heterocycles. The van der Waals surface area contributed by atoms with E-state index in [1.807, 2.05) is 13.0 Å². The third-order valence-electron chi connectivity index (χ3n) is 7.95. The number of aliphatic hydroxyl groups excluding tert-OH is 1. The van der Waals surface area contributed by atoms with Crippen LogP contribution >= 0.6 is 0 Å². The first-order chi connectivity index (χ1) is 18.2. The van der Waals surface area contributed by atoms with Crippen molar-refractivity contribution in [2.24, 2.45) is 11.3 Å². The van der Waals surface area contributed by atoms with Crippen molar-refractivity contribution >= 4 is 22.7 Å². The van der Waals surface area contributed by atoms with E-state index in [1.165, 1.54) is 11.0 Å². The van der Waals surface area contributed by atoms with Crippen LogP contribution in [0.1, 0.15) is 42.5 Å². The largest absolute Gasteiger partial charge is 0.508 e. The Kier molecular flexibility index (Phi) is 7.11. The Hall–Kier alpha value is -3.50. The number of amides is 2. The number of likely N-dealkylation sites (tertiary alicyclic amines) is 1. The molecule has 0 radical (unpaired) electrons. The highest BCUT2D eigenvalue weighted by Crippen LogP contribution is 2.55. The number of aromatic amines is 1. The number of aliphatic hydroxyl groups is 1. The van der Waals surface area contributed by atoms with E-state index in [9.17, 15) is 23.5 Å². The minimum absolute atomic E-state index is 0.0226. The van der Waals surface area contributed by atoms with Gasteiger partial charge in [-0.25, -0.2) is 0 Å². The van der Waals surface area contributed by atoms with Crippen molar-refractivity contribution in [3.8, 4) is 11.5 Å². The number of carbonyl (C=O) groups excluding carboxylic acids is 2. The molecule has 38 heavy (non-hydrogen) atoms. The Morgan fingerprint density at radius 3 is 2.76 bits per heavy atom. The molecule has 2 aromatic carbocycles. The summed E-state index contributed by atoms with van der Waals surface area (Å²) in [4.78, 5) is 32.0. The number of imide groups is 1. The second kappa shape index (κ2) is 10.3. The number of rotatable bonds is 8. The number of nitrogens with one attached hydrogen (secondary N) is 2. The third kappa shape index (κ3) is 4.63. The Morgan fingerprint density at radius 1 is 1.21 bits per heavy atom. The van der Waals surface area contributed by atoms with Gasteiger partial charge in [-0.3, -0.25) is 14.5 Å². The monoisotopic (exact) mass is 527 g/mol. The van der Waals surface area contributed by atoms with Crippen LogP contribution in [0.25, 0.3) is 10.9 Å². The molecule has 3 aromatic rings. The lowest BCUT2D eigenvalue weighted by Crippen LogP contribution is -2.51. The highest BCUT2D eigenvalue weighted by atomic mass is 19.3. The van der Waals surface area contributed by atoms with E-state index in [0.29, 0.717) is 31.3 Å². The topological polar surface area (TPSA) is 115 Å². The number of fused-ring (bicyclic) bond motifs is 4. The second-order valence-electron chi connectivity index (χ2n) is 10.2. The first-order valence-corrected chi connectivity index (χ1v) is 12.8. The molecule has 0 bridgehead atoms. The van der Waals surface area contributed by atoms with Gasteiger partial charge in [0.1, 0.15) is 11.5 Å². The molecule has 0 spiro atoms. The number of halogens is 2. The Balaban J connectivity index is 1.64. The number of alkyl halides is 2. The predicted molar refractivity (Wildman–Crippen MR) is 136 cm³/mol. The number of H-pyrrole nitrogens is 1. The highest BCUT2D eigenvalue weighted by Gasteiger charge is 2.54. The normalized spacial score (nSPS) is 23.4. The van der Waals surface area contributed by atoms with Crippen molar-refractivity contribution in [2.75, 3.05) is 26.2 Å². The van der Waals surface area contributed by atoms with Crippen LogP contribution in [0.15, 0.2) is 42.5 Å². The van der Waals surface area contributed by atoms with Crippen LogP contribution in [0.5, 0.6) is 11.5 Å². The van der Waals surface area contributed by atoms with Crippen LogP contribution in [0.2, 0.25) is 0 Å². The molecule has 1 aliphatic carbocycles. The molecule has 1 aromatic heterocycles. The molecule has 202 valence electrons. The van der Waals surface area contributed by atoms with Gasteiger partial charge >= 0.3 is 6.61 Å². The quantitative estimate of drug-likeness (QED) is 0.263. The molecule has 1 aliphatic heterocycles. The second-order valence-corrected chi connectivity index (χ2v) is 10.2. The Bertz CT molecular complexity index is 1360. The van der Waals surface area contributed by atoms with Crippen molar-refractivity contribution in [3.05, 3.63) is 59.3 Å². The SMILES string of the molecule is C[C@@]12Cc3c([nH]c4ccc(OC(F)F)cc34)[C@@H](c3cccc(O)c3)C1CCC(=O)N(CCNCCO)C2=O. The number of benzene rings is 2. The smallest absolute Gasteiger partial charge is 0.387 e. The average molecular weight is 528 g/mol. The zero-order chi connectivity index (χ0) is 27.0. The zero-order valence-electron chi connectivity index (χ0n) is 21.0. The van der Waals surface area contributed by atoms with Gasteiger partial charge < -0.3 is 25.3 Å². The number of hydrogen-bond acceptors (Lipinski definition) is 6. The molecular weight excluding hydrogens is 496 g/mol. The molecule has 3 atom stereocenters. The predicted octanol–water partition coefficient (Wildman–Crippen LogP) is 3.52. The summed E-state index contributed by atoms with van der Waals surface area (Å²) in [5.41, 5.74) is 2.22. The summed E-state index contributed by atoms with van der Waals surface area (Å²) >= 11 is 0. The number of phenolic OH excluding ortho intramolecular Hbond substituents is 1. The molecule has 1 unspecified atom stereocenters. The lowest BCUT2D eigenvalue weighted by atomic mass is 9.59. The fourth-order valence-electron chi connectivity index (χ4n) is 6.24. The standard InChI is InChI=1S/C28H31F2N3O5/c1-28-15-20-19-14-18(38-27(29)30)5-7-22(19)32-25(20)24(16-3-2-4-17(35)13-16)21(28)6-8-23(36)33(26(28)37)11-9-31-10-12-34/h2-5,7,13-14,21,24,27,31-32,34-35H,6,8-12,15H2,1H3/t21?,24-,28+/m0/s1. The number of ether oxygens (including phenoxy) is 1. The molecule has 0 saturated carbocycles. The maximum absolute atomic E-state index is 14.1. The van der Waals surface area contributed by atoms with Crippen LogP contribution in [0.4, 0.5) is 8.78 Å². The lowest BCUT2D eigenvalue weighted by Gasteiger charge is -2.45. The molecule has 10 heteroatoms. The molecule has 2 amide bonds. The van der Waals surface area contributed by atoms with E-state index < -0.39 is 12.0 Å². The van der Waals surface area contributed by atoms with E-state index in [-0.39, 0.29) is 54.7 Å². The van der Waals surface area contributed by atoms with Crippen LogP contribution in [-0.4, -0.2) is 64.8 Å². The van der Waals surface area contributed by atoms with Crippen molar-refractivity contribution in [1.82, 2.24) is 15.2 Å². The number of aromatic hydroxyl groups is 1. The average Bonchev–Trinajstić information content (AvgIpc) is 3.19. The molecule has 8 nitrogen and oxygen atoms in total. The summed E-state index contributed by atoms with van der Waals surface area (Å²) in [6.07, 6.45) is 0.979. The maximum Gasteiger partial charge on any atom is 0.387 e. The van der Waals surface area contributed by atoms with Gasteiger partial charge in [0.05, 0.1) is 12.0 Å². The van der Waals surface area contributed by atoms with Crippen molar-refractivity contribution < 1.29 is 33.3 Å². The van der Waals surface area contributed by atoms with E-state index in [0.717, 1.165) is 22.3 Å². The molecule has 5 rings (SSSR count). The van der Waals surface area contributed by atoms with Gasteiger partial charge in [0, 0.05) is 48.6 Å². The first kappa shape index (κ1) is 26.1. The van der Waals surface area contributed by atoms with Gasteiger partial charge in [0.2, 0.25) is 11.8 Å². The van der Waals surface area contributed by atoms with Gasteiger partial charge in [0.15, 0.2) is 0 Å². The maximum atomic E-state index is 14.1. The van der Waals surface area contributed by atoms with Crippen LogP contribution < -0.4 is 10.1 Å². The summed E-state index contributed by atoms with van der Waals surface area (Å²) in [6, 6.07) is 11.6. The third-order valence-corrected chi connectivity index (χ3v) is 7.95. The summed E-state index contributed by atoms with van der Waals surface area (Å²) in [6.45, 7) is -0.230. The van der Waals surface area contributed by atoms with Gasteiger partial charge in [0.25, 0.3) is 0 Å². The summed E-state index contributed by atoms with van der Waals surface area (Å²) in [5.74, 6) is -1.00. The molecular formula is C28H31F2N3O5. The zero-order valence-corrected chi connectivity index (χ0v) is 21.0. The first-order valence-electron chi connectivity index (χ1n) is 12.8. The van der Waals surface area contributed by atoms with Crippen molar-refractivity contribution in [1.29, 1.82) is 0 Å². The Labute approximate surface area is 218 Å². The molecule has 1 fully saturated rings. The summed E-state index contributed by atoms with van der Waals surface area (Å²) in [7, 11) is 0. The van der Waals surface area contributed by atoms with E-state index in [1.54, 1.807) is 30.3 Å².